The fraction of sp³-hybridized carbons (Fsp3) is 0.176. The Bertz CT molecular complexity index is 1070. The Balaban J connectivity index is 1.63. The Morgan fingerprint density at radius 3 is 2.75 bits per heavy atom. The number of aromatic amines is 1. The minimum absolute atomic E-state index is 0.173. The molecule has 144 valence electrons. The highest BCUT2D eigenvalue weighted by Gasteiger charge is 2.18. The van der Waals surface area contributed by atoms with Crippen LogP contribution in [0.25, 0.3) is 11.2 Å². The SMILES string of the molecule is OCC(c1ccccc1)n1ncc2ncc(Nc3cc(OC(F)F)[nH]n3)nc21. The predicted octanol–water partition coefficient (Wildman–Crippen LogP) is 2.48. The Kier molecular flexibility index (Phi) is 4.81. The van der Waals surface area contributed by atoms with Gasteiger partial charge in [-0.15, -0.1) is 0 Å². The van der Waals surface area contributed by atoms with Gasteiger partial charge in [-0.25, -0.2) is 19.7 Å². The zero-order valence-corrected chi connectivity index (χ0v) is 14.3. The van der Waals surface area contributed by atoms with E-state index in [4.69, 9.17) is 0 Å². The second-order valence-electron chi connectivity index (χ2n) is 5.78. The van der Waals surface area contributed by atoms with E-state index in [2.05, 4.69) is 35.3 Å². The molecule has 4 aromatic rings. The first-order valence-corrected chi connectivity index (χ1v) is 8.27. The predicted molar refractivity (Wildman–Crippen MR) is 95.5 cm³/mol. The summed E-state index contributed by atoms with van der Waals surface area (Å²) in [6.45, 7) is -3.12. The summed E-state index contributed by atoms with van der Waals surface area (Å²) in [5.41, 5.74) is 1.87. The lowest BCUT2D eigenvalue weighted by Gasteiger charge is -2.16. The standard InChI is InChI=1S/C17H15F2N7O2/c18-17(19)28-15-6-13(24-25-15)22-14-8-20-11-7-21-26(16(11)23-14)12(9-27)10-4-2-1-3-5-10/h1-8,12,17,27H,9H2,(H2,22,23,24,25). The van der Waals surface area contributed by atoms with Crippen LogP contribution >= 0.6 is 0 Å². The zero-order valence-electron chi connectivity index (χ0n) is 14.3. The van der Waals surface area contributed by atoms with Gasteiger partial charge in [0.2, 0.25) is 5.88 Å². The van der Waals surface area contributed by atoms with Crippen LogP contribution in [0.2, 0.25) is 0 Å². The highest BCUT2D eigenvalue weighted by atomic mass is 19.3. The molecule has 0 amide bonds. The lowest BCUT2D eigenvalue weighted by Crippen LogP contribution is -2.16. The molecule has 0 saturated carbocycles. The van der Waals surface area contributed by atoms with Gasteiger partial charge in [0.15, 0.2) is 17.3 Å². The van der Waals surface area contributed by atoms with Gasteiger partial charge in [0.1, 0.15) is 11.6 Å². The third-order valence-corrected chi connectivity index (χ3v) is 3.98. The van der Waals surface area contributed by atoms with Crippen molar-refractivity contribution in [2.75, 3.05) is 11.9 Å². The number of anilines is 2. The van der Waals surface area contributed by atoms with Crippen LogP contribution in [-0.2, 0) is 0 Å². The highest BCUT2D eigenvalue weighted by Crippen LogP contribution is 2.23. The Morgan fingerprint density at radius 1 is 1.18 bits per heavy atom. The molecule has 0 saturated heterocycles. The molecule has 0 aliphatic rings. The van der Waals surface area contributed by atoms with E-state index >= 15 is 0 Å². The largest absolute Gasteiger partial charge is 0.417 e. The Hall–Kier alpha value is -3.60. The maximum atomic E-state index is 12.2. The molecule has 0 radical (unpaired) electrons. The van der Waals surface area contributed by atoms with Crippen LogP contribution in [0.5, 0.6) is 5.88 Å². The number of ether oxygens (including phenoxy) is 1. The minimum atomic E-state index is -2.95. The number of hydrogen-bond donors (Lipinski definition) is 3. The molecule has 3 heterocycles. The molecule has 28 heavy (non-hydrogen) atoms. The molecule has 1 aromatic carbocycles. The summed E-state index contributed by atoms with van der Waals surface area (Å²) in [4.78, 5) is 8.75. The lowest BCUT2D eigenvalue weighted by atomic mass is 10.1. The summed E-state index contributed by atoms with van der Waals surface area (Å²) in [6, 6.07) is 10.3. The van der Waals surface area contributed by atoms with Crippen LogP contribution < -0.4 is 10.1 Å². The van der Waals surface area contributed by atoms with E-state index in [1.165, 1.54) is 12.3 Å². The van der Waals surface area contributed by atoms with Crippen molar-refractivity contribution in [3.05, 3.63) is 54.4 Å². The highest BCUT2D eigenvalue weighted by molar-refractivity contribution is 5.72. The van der Waals surface area contributed by atoms with E-state index in [0.29, 0.717) is 17.0 Å². The van der Waals surface area contributed by atoms with E-state index in [-0.39, 0.29) is 18.3 Å². The maximum absolute atomic E-state index is 12.2. The molecule has 4 rings (SSSR count). The van der Waals surface area contributed by atoms with Crippen LogP contribution in [-0.4, -0.2) is 48.3 Å². The number of rotatable bonds is 7. The van der Waals surface area contributed by atoms with Crippen LogP contribution in [0.15, 0.2) is 48.8 Å². The molecule has 0 fully saturated rings. The third-order valence-electron chi connectivity index (χ3n) is 3.98. The fourth-order valence-corrected chi connectivity index (χ4v) is 2.76. The van der Waals surface area contributed by atoms with Gasteiger partial charge >= 0.3 is 6.61 Å². The molecule has 0 aliphatic carbocycles. The van der Waals surface area contributed by atoms with Gasteiger partial charge in [0, 0.05) is 6.07 Å². The smallest absolute Gasteiger partial charge is 0.388 e. The van der Waals surface area contributed by atoms with Gasteiger partial charge in [-0.05, 0) is 5.56 Å². The summed E-state index contributed by atoms with van der Waals surface area (Å²) >= 11 is 0. The van der Waals surface area contributed by atoms with Crippen molar-refractivity contribution in [3.8, 4) is 5.88 Å². The first-order valence-electron chi connectivity index (χ1n) is 8.27. The van der Waals surface area contributed by atoms with Crippen LogP contribution in [0.1, 0.15) is 11.6 Å². The number of aliphatic hydroxyl groups excluding tert-OH is 1. The van der Waals surface area contributed by atoms with Gasteiger partial charge in [-0.2, -0.15) is 19.0 Å². The summed E-state index contributed by atoms with van der Waals surface area (Å²) < 4.78 is 30.3. The van der Waals surface area contributed by atoms with E-state index < -0.39 is 12.7 Å². The van der Waals surface area contributed by atoms with E-state index in [0.717, 1.165) is 5.56 Å². The topological polar surface area (TPSA) is 114 Å². The Labute approximate surface area is 157 Å². The summed E-state index contributed by atoms with van der Waals surface area (Å²) in [5, 5.41) is 23.2. The molecule has 3 aromatic heterocycles. The molecule has 9 nitrogen and oxygen atoms in total. The van der Waals surface area contributed by atoms with Crippen molar-refractivity contribution in [3.63, 3.8) is 0 Å². The first-order chi connectivity index (χ1) is 13.6. The van der Waals surface area contributed by atoms with Crippen molar-refractivity contribution in [1.29, 1.82) is 0 Å². The van der Waals surface area contributed by atoms with Gasteiger partial charge < -0.3 is 15.2 Å². The molecule has 1 unspecified atom stereocenters. The molecule has 11 heteroatoms. The lowest BCUT2D eigenvalue weighted by molar-refractivity contribution is -0.0528. The van der Waals surface area contributed by atoms with Crippen molar-refractivity contribution in [2.45, 2.75) is 12.7 Å². The average molecular weight is 387 g/mol. The van der Waals surface area contributed by atoms with Gasteiger partial charge in [0.25, 0.3) is 0 Å². The molecule has 0 bridgehead atoms. The summed E-state index contributed by atoms with van der Waals surface area (Å²) in [7, 11) is 0. The molecule has 0 aliphatic heterocycles. The molecular weight excluding hydrogens is 372 g/mol. The fourth-order valence-electron chi connectivity index (χ4n) is 2.76. The van der Waals surface area contributed by atoms with Gasteiger partial charge in [0.05, 0.1) is 19.0 Å². The molecule has 1 atom stereocenters. The maximum Gasteiger partial charge on any atom is 0.388 e. The number of fused-ring (bicyclic) bond motifs is 1. The van der Waals surface area contributed by atoms with Crippen molar-refractivity contribution in [2.24, 2.45) is 0 Å². The molecular formula is C17H15F2N7O2. The summed E-state index contributed by atoms with van der Waals surface area (Å²) in [6.07, 6.45) is 3.02. The monoisotopic (exact) mass is 387 g/mol. The van der Waals surface area contributed by atoms with Crippen LogP contribution in [0.4, 0.5) is 20.4 Å². The minimum Gasteiger partial charge on any atom is -0.417 e. The third kappa shape index (κ3) is 3.60. The van der Waals surface area contributed by atoms with Crippen molar-refractivity contribution < 1.29 is 18.6 Å². The second-order valence-corrected chi connectivity index (χ2v) is 5.78. The van der Waals surface area contributed by atoms with Crippen molar-refractivity contribution in [1.82, 2.24) is 29.9 Å². The first kappa shape index (κ1) is 17.8. The number of aromatic nitrogens is 6. The number of alkyl halides is 2. The number of aliphatic hydroxyl groups is 1. The van der Waals surface area contributed by atoms with E-state index in [1.54, 1.807) is 10.9 Å². The van der Waals surface area contributed by atoms with Crippen molar-refractivity contribution >= 4 is 22.8 Å². The number of nitrogens with one attached hydrogen (secondary N) is 2. The summed E-state index contributed by atoms with van der Waals surface area (Å²) in [5.74, 6) is 0.382. The number of H-pyrrole nitrogens is 1. The second kappa shape index (κ2) is 7.56. The number of hydrogen-bond acceptors (Lipinski definition) is 7. The number of halogens is 2. The Morgan fingerprint density at radius 2 is 2.00 bits per heavy atom. The van der Waals surface area contributed by atoms with E-state index in [9.17, 15) is 13.9 Å². The number of nitrogens with zero attached hydrogens (tertiary/aromatic N) is 5. The van der Waals surface area contributed by atoms with Crippen LogP contribution in [0, 0.1) is 0 Å². The van der Waals surface area contributed by atoms with Gasteiger partial charge in [-0.3, -0.25) is 0 Å². The van der Waals surface area contributed by atoms with Gasteiger partial charge in [-0.1, -0.05) is 30.3 Å². The number of benzene rings is 1. The molecule has 0 spiro atoms. The average Bonchev–Trinajstić information content (AvgIpc) is 3.30. The molecule has 3 N–H and O–H groups in total. The van der Waals surface area contributed by atoms with E-state index in [1.807, 2.05) is 30.3 Å². The zero-order chi connectivity index (χ0) is 19.5. The van der Waals surface area contributed by atoms with Crippen LogP contribution in [0.3, 0.4) is 0 Å². The normalized spacial score (nSPS) is 12.4. The quantitative estimate of drug-likeness (QED) is 0.446.